The molecule has 5 nitrogen and oxygen atoms in total. The second kappa shape index (κ2) is 7.62. The number of carbonyl (C=O) groups is 1. The Bertz CT molecular complexity index is 485. The SMILES string of the molecule is COCCNC(=O)C(C)Nc1cc(C#N)ccc1Cl. The molecule has 1 aromatic carbocycles. The molecule has 19 heavy (non-hydrogen) atoms. The predicted octanol–water partition coefficient (Wildman–Crippen LogP) is 1.77. The van der Waals surface area contributed by atoms with Crippen molar-refractivity contribution in [3.63, 3.8) is 0 Å². The van der Waals surface area contributed by atoms with E-state index in [4.69, 9.17) is 21.6 Å². The van der Waals surface area contributed by atoms with Crippen LogP contribution in [-0.2, 0) is 9.53 Å². The molecule has 0 aliphatic heterocycles. The summed E-state index contributed by atoms with van der Waals surface area (Å²) >= 11 is 6.01. The van der Waals surface area contributed by atoms with E-state index in [0.29, 0.717) is 29.4 Å². The van der Waals surface area contributed by atoms with Gasteiger partial charge in [0.05, 0.1) is 28.9 Å². The first-order valence-electron chi connectivity index (χ1n) is 5.81. The number of anilines is 1. The van der Waals surface area contributed by atoms with Gasteiger partial charge in [-0.15, -0.1) is 0 Å². The standard InChI is InChI=1S/C13H16ClN3O2/c1-9(13(18)16-5-6-19-2)17-12-7-10(8-15)3-4-11(12)14/h3-4,7,9,17H,5-6H2,1-2H3,(H,16,18). The van der Waals surface area contributed by atoms with Crippen LogP contribution in [0, 0.1) is 11.3 Å². The third-order valence-electron chi connectivity index (χ3n) is 2.47. The number of halogens is 1. The maximum Gasteiger partial charge on any atom is 0.242 e. The molecule has 2 N–H and O–H groups in total. The minimum atomic E-state index is -0.455. The van der Waals surface area contributed by atoms with Crippen LogP contribution in [0.25, 0.3) is 0 Å². The number of amides is 1. The Kier molecular flexibility index (Phi) is 6.13. The predicted molar refractivity (Wildman–Crippen MR) is 74.1 cm³/mol. The molecule has 1 unspecified atom stereocenters. The third kappa shape index (κ3) is 4.78. The van der Waals surface area contributed by atoms with Gasteiger partial charge in [-0.05, 0) is 25.1 Å². The van der Waals surface area contributed by atoms with Gasteiger partial charge in [0.1, 0.15) is 6.04 Å². The zero-order valence-corrected chi connectivity index (χ0v) is 11.6. The maximum atomic E-state index is 11.8. The molecule has 0 spiro atoms. The number of rotatable bonds is 6. The summed E-state index contributed by atoms with van der Waals surface area (Å²) in [6, 6.07) is 6.43. The molecular formula is C13H16ClN3O2. The monoisotopic (exact) mass is 281 g/mol. The smallest absolute Gasteiger partial charge is 0.242 e. The van der Waals surface area contributed by atoms with Crippen LogP contribution in [0.5, 0.6) is 0 Å². The van der Waals surface area contributed by atoms with Gasteiger partial charge in [-0.3, -0.25) is 4.79 Å². The molecule has 6 heteroatoms. The second-order valence-corrected chi connectivity index (χ2v) is 4.36. The van der Waals surface area contributed by atoms with E-state index in [0.717, 1.165) is 0 Å². The highest BCUT2D eigenvalue weighted by Crippen LogP contribution is 2.23. The highest BCUT2D eigenvalue weighted by atomic mass is 35.5. The summed E-state index contributed by atoms with van der Waals surface area (Å²) in [5, 5.41) is 15.0. The molecule has 0 radical (unpaired) electrons. The van der Waals surface area contributed by atoms with Crippen LogP contribution >= 0.6 is 11.6 Å². The van der Waals surface area contributed by atoms with E-state index < -0.39 is 6.04 Å². The number of ether oxygens (including phenoxy) is 1. The quantitative estimate of drug-likeness (QED) is 0.780. The molecule has 1 rings (SSSR count). The average Bonchev–Trinajstić information content (AvgIpc) is 2.41. The lowest BCUT2D eigenvalue weighted by atomic mass is 10.2. The fraction of sp³-hybridized carbons (Fsp3) is 0.385. The van der Waals surface area contributed by atoms with Crippen LogP contribution in [0.3, 0.4) is 0 Å². The molecular weight excluding hydrogens is 266 g/mol. The van der Waals surface area contributed by atoms with Crippen LogP contribution in [-0.4, -0.2) is 32.2 Å². The number of carbonyl (C=O) groups excluding carboxylic acids is 1. The summed E-state index contributed by atoms with van der Waals surface area (Å²) in [5.74, 6) is -0.157. The molecule has 102 valence electrons. The molecule has 0 aliphatic carbocycles. The van der Waals surface area contributed by atoms with Crippen molar-refractivity contribution in [2.75, 3.05) is 25.6 Å². The van der Waals surface area contributed by atoms with Crippen molar-refractivity contribution in [3.05, 3.63) is 28.8 Å². The van der Waals surface area contributed by atoms with Gasteiger partial charge in [-0.1, -0.05) is 11.6 Å². The number of hydrogen-bond donors (Lipinski definition) is 2. The van der Waals surface area contributed by atoms with E-state index in [1.165, 1.54) is 0 Å². The second-order valence-electron chi connectivity index (χ2n) is 3.96. The largest absolute Gasteiger partial charge is 0.383 e. The highest BCUT2D eigenvalue weighted by Gasteiger charge is 2.13. The Morgan fingerprint density at radius 3 is 2.95 bits per heavy atom. The molecule has 0 bridgehead atoms. The maximum absolute atomic E-state index is 11.8. The van der Waals surface area contributed by atoms with Crippen LogP contribution in [0.2, 0.25) is 5.02 Å². The molecule has 0 aromatic heterocycles. The zero-order chi connectivity index (χ0) is 14.3. The first kappa shape index (κ1) is 15.3. The topological polar surface area (TPSA) is 74.2 Å². The van der Waals surface area contributed by atoms with E-state index in [2.05, 4.69) is 10.6 Å². The zero-order valence-electron chi connectivity index (χ0n) is 10.9. The van der Waals surface area contributed by atoms with Gasteiger partial charge in [-0.2, -0.15) is 5.26 Å². The lowest BCUT2D eigenvalue weighted by molar-refractivity contribution is -0.121. The van der Waals surface area contributed by atoms with Crippen LogP contribution in [0.1, 0.15) is 12.5 Å². The van der Waals surface area contributed by atoms with Gasteiger partial charge in [0, 0.05) is 13.7 Å². The van der Waals surface area contributed by atoms with Gasteiger partial charge in [0.15, 0.2) is 0 Å². The molecule has 1 atom stereocenters. The number of nitriles is 1. The third-order valence-corrected chi connectivity index (χ3v) is 2.80. The molecule has 1 aromatic rings. The Morgan fingerprint density at radius 2 is 2.32 bits per heavy atom. The van der Waals surface area contributed by atoms with Gasteiger partial charge in [0.25, 0.3) is 0 Å². The van der Waals surface area contributed by atoms with E-state index in [1.54, 1.807) is 32.2 Å². The van der Waals surface area contributed by atoms with Crippen LogP contribution < -0.4 is 10.6 Å². The number of hydrogen-bond acceptors (Lipinski definition) is 4. The fourth-order valence-corrected chi connectivity index (χ4v) is 1.61. The van der Waals surface area contributed by atoms with Crippen molar-refractivity contribution in [1.29, 1.82) is 5.26 Å². The summed E-state index contributed by atoms with van der Waals surface area (Å²) in [4.78, 5) is 11.8. The van der Waals surface area contributed by atoms with Crippen molar-refractivity contribution >= 4 is 23.2 Å². The molecule has 0 saturated heterocycles. The van der Waals surface area contributed by atoms with Gasteiger partial charge in [0.2, 0.25) is 5.91 Å². The summed E-state index contributed by atoms with van der Waals surface area (Å²) in [6.07, 6.45) is 0. The summed E-state index contributed by atoms with van der Waals surface area (Å²) in [6.45, 7) is 2.63. The minimum absolute atomic E-state index is 0.157. The average molecular weight is 282 g/mol. The molecule has 0 saturated carbocycles. The Hall–Kier alpha value is -1.77. The van der Waals surface area contributed by atoms with Gasteiger partial charge in [-0.25, -0.2) is 0 Å². The number of nitrogens with one attached hydrogen (secondary N) is 2. The Balaban J connectivity index is 2.63. The lowest BCUT2D eigenvalue weighted by Crippen LogP contribution is -2.39. The van der Waals surface area contributed by atoms with E-state index in [1.807, 2.05) is 6.07 Å². The van der Waals surface area contributed by atoms with Crippen molar-refractivity contribution in [2.45, 2.75) is 13.0 Å². The van der Waals surface area contributed by atoms with E-state index >= 15 is 0 Å². The minimum Gasteiger partial charge on any atom is -0.383 e. The summed E-state index contributed by atoms with van der Waals surface area (Å²) < 4.78 is 4.85. The van der Waals surface area contributed by atoms with Crippen molar-refractivity contribution in [2.24, 2.45) is 0 Å². The molecule has 0 aliphatic rings. The Labute approximate surface area is 117 Å². The fourth-order valence-electron chi connectivity index (χ4n) is 1.43. The summed E-state index contributed by atoms with van der Waals surface area (Å²) in [7, 11) is 1.57. The number of nitrogens with zero attached hydrogens (tertiary/aromatic N) is 1. The first-order valence-corrected chi connectivity index (χ1v) is 6.19. The first-order chi connectivity index (χ1) is 9.08. The molecule has 0 fully saturated rings. The lowest BCUT2D eigenvalue weighted by Gasteiger charge is -2.16. The molecule has 0 heterocycles. The van der Waals surface area contributed by atoms with Crippen molar-refractivity contribution in [3.8, 4) is 6.07 Å². The van der Waals surface area contributed by atoms with Crippen molar-refractivity contribution < 1.29 is 9.53 Å². The van der Waals surface area contributed by atoms with E-state index in [9.17, 15) is 4.79 Å². The summed E-state index contributed by atoms with van der Waals surface area (Å²) in [5.41, 5.74) is 1.05. The number of methoxy groups -OCH3 is 1. The Morgan fingerprint density at radius 1 is 1.58 bits per heavy atom. The van der Waals surface area contributed by atoms with Crippen molar-refractivity contribution in [1.82, 2.24) is 5.32 Å². The number of benzene rings is 1. The van der Waals surface area contributed by atoms with Gasteiger partial charge >= 0.3 is 0 Å². The normalized spacial score (nSPS) is 11.5. The van der Waals surface area contributed by atoms with Crippen LogP contribution in [0.15, 0.2) is 18.2 Å². The van der Waals surface area contributed by atoms with E-state index in [-0.39, 0.29) is 5.91 Å². The van der Waals surface area contributed by atoms with Gasteiger partial charge < -0.3 is 15.4 Å². The molecule has 1 amide bonds. The highest BCUT2D eigenvalue weighted by molar-refractivity contribution is 6.33. The van der Waals surface area contributed by atoms with Crippen LogP contribution in [0.4, 0.5) is 5.69 Å².